The molecule has 3 nitrogen and oxygen atoms in total. The minimum Gasteiger partial charge on any atom is -0.496 e. The monoisotopic (exact) mass is 387 g/mol. The van der Waals surface area contributed by atoms with E-state index >= 15 is 0 Å². The van der Waals surface area contributed by atoms with Crippen molar-refractivity contribution < 1.29 is 9.53 Å². The maximum absolute atomic E-state index is 12.9. The smallest absolute Gasteiger partial charge is 0.254 e. The Morgan fingerprint density at radius 2 is 1.77 bits per heavy atom. The van der Waals surface area contributed by atoms with E-state index in [-0.39, 0.29) is 11.9 Å². The standard InChI is InChI=1S/C21H25NO2S2/c1-15(18-7-4-5-8-19(18)24-3)22(2)20(23)16-9-11-17(12-10-16)21-25-13-6-14-26-21/h4-5,7-12,15,21H,6,13-14H2,1-3H3/t15-/m0/s1. The molecule has 0 aromatic heterocycles. The molecular formula is C21H25NO2S2. The van der Waals surface area contributed by atoms with Crippen molar-refractivity contribution in [1.82, 2.24) is 4.90 Å². The fourth-order valence-corrected chi connectivity index (χ4v) is 5.96. The number of carbonyl (C=O) groups is 1. The highest BCUT2D eigenvalue weighted by atomic mass is 32.2. The topological polar surface area (TPSA) is 29.5 Å². The lowest BCUT2D eigenvalue weighted by Crippen LogP contribution is -2.29. The highest BCUT2D eigenvalue weighted by Crippen LogP contribution is 2.43. The van der Waals surface area contributed by atoms with Gasteiger partial charge in [0.15, 0.2) is 0 Å². The fourth-order valence-electron chi connectivity index (χ4n) is 3.06. The quantitative estimate of drug-likeness (QED) is 0.687. The van der Waals surface area contributed by atoms with Crippen LogP contribution in [0.2, 0.25) is 0 Å². The van der Waals surface area contributed by atoms with Crippen LogP contribution in [0.15, 0.2) is 48.5 Å². The zero-order chi connectivity index (χ0) is 18.5. The molecule has 0 N–H and O–H groups in total. The van der Waals surface area contributed by atoms with Gasteiger partial charge in [0, 0.05) is 18.2 Å². The van der Waals surface area contributed by atoms with E-state index in [1.165, 1.54) is 23.5 Å². The zero-order valence-corrected chi connectivity index (χ0v) is 17.1. The molecular weight excluding hydrogens is 362 g/mol. The zero-order valence-electron chi connectivity index (χ0n) is 15.5. The average Bonchev–Trinajstić information content (AvgIpc) is 2.73. The van der Waals surface area contributed by atoms with Crippen LogP contribution in [0.5, 0.6) is 5.75 Å². The van der Waals surface area contributed by atoms with E-state index in [1.807, 2.05) is 73.9 Å². The number of benzene rings is 2. The van der Waals surface area contributed by atoms with Crippen LogP contribution in [0.1, 0.15) is 45.5 Å². The summed E-state index contributed by atoms with van der Waals surface area (Å²) in [7, 11) is 3.51. The van der Waals surface area contributed by atoms with Crippen molar-refractivity contribution in [2.45, 2.75) is 24.0 Å². The summed E-state index contributed by atoms with van der Waals surface area (Å²) in [6, 6.07) is 15.9. The first-order valence-electron chi connectivity index (χ1n) is 8.85. The van der Waals surface area contributed by atoms with E-state index in [0.29, 0.717) is 4.58 Å². The summed E-state index contributed by atoms with van der Waals surface area (Å²) in [5, 5.41) is 0. The molecule has 1 heterocycles. The number of nitrogens with zero attached hydrogens (tertiary/aromatic N) is 1. The van der Waals surface area contributed by atoms with Crippen LogP contribution in [-0.4, -0.2) is 36.5 Å². The molecule has 1 fully saturated rings. The first-order chi connectivity index (χ1) is 12.6. The second-order valence-corrected chi connectivity index (χ2v) is 9.11. The van der Waals surface area contributed by atoms with Crippen molar-refractivity contribution in [3.05, 3.63) is 65.2 Å². The molecule has 1 amide bonds. The van der Waals surface area contributed by atoms with Crippen molar-refractivity contribution in [1.29, 1.82) is 0 Å². The Morgan fingerprint density at radius 1 is 1.12 bits per heavy atom. The Kier molecular flexibility index (Phi) is 6.54. The third-order valence-corrected chi connectivity index (χ3v) is 7.76. The van der Waals surface area contributed by atoms with E-state index in [2.05, 4.69) is 12.1 Å². The molecule has 2 aromatic carbocycles. The van der Waals surface area contributed by atoms with Crippen molar-refractivity contribution in [3.63, 3.8) is 0 Å². The van der Waals surface area contributed by atoms with Crippen LogP contribution in [0, 0.1) is 0 Å². The maximum Gasteiger partial charge on any atom is 0.254 e. The minimum atomic E-state index is -0.0669. The summed E-state index contributed by atoms with van der Waals surface area (Å²) in [4.78, 5) is 14.7. The molecule has 0 unspecified atom stereocenters. The van der Waals surface area contributed by atoms with Crippen molar-refractivity contribution in [3.8, 4) is 5.75 Å². The van der Waals surface area contributed by atoms with Gasteiger partial charge < -0.3 is 9.64 Å². The number of carbonyl (C=O) groups excluding carboxylic acids is 1. The summed E-state index contributed by atoms with van der Waals surface area (Å²) in [6.45, 7) is 2.03. The third kappa shape index (κ3) is 4.21. The van der Waals surface area contributed by atoms with Gasteiger partial charge in [0.25, 0.3) is 5.91 Å². The lowest BCUT2D eigenvalue weighted by molar-refractivity contribution is 0.0741. The Labute approximate surface area is 164 Å². The molecule has 26 heavy (non-hydrogen) atoms. The SMILES string of the molecule is COc1ccccc1[C@H](C)N(C)C(=O)c1ccc(C2SCCCS2)cc1. The summed E-state index contributed by atoms with van der Waals surface area (Å²) in [5.41, 5.74) is 3.04. The first kappa shape index (κ1) is 19.2. The molecule has 0 aliphatic carbocycles. The van der Waals surface area contributed by atoms with Gasteiger partial charge in [-0.25, -0.2) is 0 Å². The highest BCUT2D eigenvalue weighted by Gasteiger charge is 2.22. The molecule has 1 aliphatic heterocycles. The van der Waals surface area contributed by atoms with Gasteiger partial charge in [-0.1, -0.05) is 30.3 Å². The number of methoxy groups -OCH3 is 1. The lowest BCUT2D eigenvalue weighted by Gasteiger charge is -2.27. The van der Waals surface area contributed by atoms with Crippen LogP contribution >= 0.6 is 23.5 Å². The van der Waals surface area contributed by atoms with Crippen molar-refractivity contribution in [2.75, 3.05) is 25.7 Å². The van der Waals surface area contributed by atoms with E-state index < -0.39 is 0 Å². The molecule has 138 valence electrons. The number of hydrogen-bond donors (Lipinski definition) is 0. The first-order valence-corrected chi connectivity index (χ1v) is 10.9. The minimum absolute atomic E-state index is 0.0268. The predicted octanol–water partition coefficient (Wildman–Crippen LogP) is 5.40. The normalized spacial score (nSPS) is 16.1. The largest absolute Gasteiger partial charge is 0.496 e. The van der Waals surface area contributed by atoms with Gasteiger partial charge in [0.05, 0.1) is 17.7 Å². The Hall–Kier alpha value is -1.59. The second kappa shape index (κ2) is 8.87. The summed E-state index contributed by atoms with van der Waals surface area (Å²) in [6.07, 6.45) is 1.29. The molecule has 0 spiro atoms. The van der Waals surface area contributed by atoms with Crippen LogP contribution in [0.4, 0.5) is 0 Å². The summed E-state index contributed by atoms with van der Waals surface area (Å²) >= 11 is 3.99. The molecule has 1 atom stereocenters. The molecule has 0 radical (unpaired) electrons. The molecule has 0 saturated carbocycles. The molecule has 1 saturated heterocycles. The van der Waals surface area contributed by atoms with Crippen LogP contribution < -0.4 is 4.74 Å². The van der Waals surface area contributed by atoms with Crippen LogP contribution in [0.25, 0.3) is 0 Å². The van der Waals surface area contributed by atoms with E-state index in [9.17, 15) is 4.79 Å². The van der Waals surface area contributed by atoms with Gasteiger partial charge in [-0.05, 0) is 48.6 Å². The van der Waals surface area contributed by atoms with Crippen molar-refractivity contribution >= 4 is 29.4 Å². The highest BCUT2D eigenvalue weighted by molar-refractivity contribution is 8.16. The Balaban J connectivity index is 1.73. The van der Waals surface area contributed by atoms with E-state index in [4.69, 9.17) is 4.74 Å². The lowest BCUT2D eigenvalue weighted by atomic mass is 10.0. The number of para-hydroxylation sites is 1. The van der Waals surface area contributed by atoms with Gasteiger partial charge in [0.1, 0.15) is 5.75 Å². The number of amides is 1. The third-order valence-electron chi connectivity index (χ3n) is 4.75. The van der Waals surface area contributed by atoms with Gasteiger partial charge in [-0.2, -0.15) is 0 Å². The van der Waals surface area contributed by atoms with Gasteiger partial charge in [-0.15, -0.1) is 23.5 Å². The molecule has 5 heteroatoms. The average molecular weight is 388 g/mol. The Morgan fingerprint density at radius 3 is 2.42 bits per heavy atom. The summed E-state index contributed by atoms with van der Waals surface area (Å²) < 4.78 is 5.94. The number of rotatable bonds is 5. The van der Waals surface area contributed by atoms with Gasteiger partial charge >= 0.3 is 0 Å². The van der Waals surface area contributed by atoms with Crippen LogP contribution in [0.3, 0.4) is 0 Å². The van der Waals surface area contributed by atoms with E-state index in [0.717, 1.165) is 16.9 Å². The maximum atomic E-state index is 12.9. The van der Waals surface area contributed by atoms with E-state index in [1.54, 1.807) is 12.0 Å². The molecule has 1 aliphatic rings. The number of ether oxygens (including phenoxy) is 1. The van der Waals surface area contributed by atoms with Crippen molar-refractivity contribution in [2.24, 2.45) is 0 Å². The molecule has 3 rings (SSSR count). The second-order valence-electron chi connectivity index (χ2n) is 6.38. The summed E-state index contributed by atoms with van der Waals surface area (Å²) in [5.74, 6) is 3.27. The molecule has 2 aromatic rings. The molecule has 0 bridgehead atoms. The fraction of sp³-hybridized carbons (Fsp3) is 0.381. The predicted molar refractivity (Wildman–Crippen MR) is 112 cm³/mol. The van der Waals surface area contributed by atoms with Crippen LogP contribution in [-0.2, 0) is 0 Å². The van der Waals surface area contributed by atoms with Gasteiger partial charge in [-0.3, -0.25) is 4.79 Å². The number of thioether (sulfide) groups is 2. The number of hydrogen-bond acceptors (Lipinski definition) is 4. The Bertz CT molecular complexity index is 742. The van der Waals surface area contributed by atoms with Gasteiger partial charge in [0.2, 0.25) is 0 Å².